The number of benzene rings is 1. The van der Waals surface area contributed by atoms with Gasteiger partial charge in [-0.15, -0.1) is 11.3 Å². The normalized spacial score (nSPS) is 9.94. The summed E-state index contributed by atoms with van der Waals surface area (Å²) in [5.74, 6) is -0.0943. The van der Waals surface area contributed by atoms with Gasteiger partial charge in [0.2, 0.25) is 5.91 Å². The molecule has 2 aromatic rings. The lowest BCUT2D eigenvalue weighted by Crippen LogP contribution is -2.21. The molecule has 0 saturated carbocycles. The maximum atomic E-state index is 11.6. The van der Waals surface area contributed by atoms with Crippen molar-refractivity contribution in [2.45, 2.75) is 6.92 Å². The third-order valence-electron chi connectivity index (χ3n) is 2.09. The minimum absolute atomic E-state index is 0.0943. The van der Waals surface area contributed by atoms with Gasteiger partial charge in [-0.3, -0.25) is 4.79 Å². The minimum atomic E-state index is -0.0943. The first-order chi connectivity index (χ1) is 8.24. The first-order valence-electron chi connectivity index (χ1n) is 5.25. The predicted molar refractivity (Wildman–Crippen MR) is 70.4 cm³/mol. The zero-order chi connectivity index (χ0) is 12.1. The Morgan fingerprint density at radius 3 is 2.76 bits per heavy atom. The third kappa shape index (κ3) is 3.57. The van der Waals surface area contributed by atoms with Crippen LogP contribution in [0.25, 0.3) is 0 Å². The highest BCUT2D eigenvalue weighted by molar-refractivity contribution is 7.15. The van der Waals surface area contributed by atoms with E-state index in [4.69, 9.17) is 0 Å². The first kappa shape index (κ1) is 11.6. The molecule has 0 spiro atoms. The average Bonchev–Trinajstić information content (AvgIpc) is 2.73. The van der Waals surface area contributed by atoms with Crippen LogP contribution in [0.1, 0.15) is 4.88 Å². The lowest BCUT2D eigenvalue weighted by molar-refractivity contribution is -0.114. The Bertz CT molecular complexity index is 495. The summed E-state index contributed by atoms with van der Waals surface area (Å²) in [6.45, 7) is 2.19. The van der Waals surface area contributed by atoms with Crippen LogP contribution in [0.5, 0.6) is 0 Å². The molecule has 0 aliphatic heterocycles. The highest BCUT2D eigenvalue weighted by Gasteiger charge is 2.04. The second kappa shape index (κ2) is 5.45. The number of aryl methyl sites for hydroxylation is 1. The smallest absolute Gasteiger partial charge is 0.245 e. The van der Waals surface area contributed by atoms with Crippen molar-refractivity contribution < 1.29 is 4.79 Å². The molecular weight excluding hydrogens is 234 g/mol. The second-order valence-corrected chi connectivity index (χ2v) is 4.78. The quantitative estimate of drug-likeness (QED) is 0.872. The van der Waals surface area contributed by atoms with E-state index >= 15 is 0 Å². The number of carbonyl (C=O) groups is 1. The van der Waals surface area contributed by atoms with Gasteiger partial charge < -0.3 is 10.6 Å². The van der Waals surface area contributed by atoms with E-state index in [1.54, 1.807) is 6.20 Å². The molecule has 0 aliphatic carbocycles. The summed E-state index contributed by atoms with van der Waals surface area (Å²) in [5.41, 5.74) is 0.929. The van der Waals surface area contributed by atoms with Gasteiger partial charge >= 0.3 is 0 Å². The summed E-state index contributed by atoms with van der Waals surface area (Å²) in [6.07, 6.45) is 1.74. The van der Waals surface area contributed by atoms with E-state index in [9.17, 15) is 4.79 Å². The first-order valence-corrected chi connectivity index (χ1v) is 6.07. The van der Waals surface area contributed by atoms with Crippen molar-refractivity contribution in [3.05, 3.63) is 41.4 Å². The summed E-state index contributed by atoms with van der Waals surface area (Å²) in [6, 6.07) is 9.61. The molecule has 1 aromatic carbocycles. The van der Waals surface area contributed by atoms with Gasteiger partial charge in [0.1, 0.15) is 0 Å². The highest BCUT2D eigenvalue weighted by atomic mass is 32.1. The molecule has 0 atom stereocenters. The Hall–Kier alpha value is -1.88. The molecule has 1 amide bonds. The molecule has 17 heavy (non-hydrogen) atoms. The SMILES string of the molecule is Cc1cnc(NC(=O)CNc2ccccc2)s1. The molecule has 0 saturated heterocycles. The van der Waals surface area contributed by atoms with Crippen LogP contribution in [-0.2, 0) is 4.79 Å². The van der Waals surface area contributed by atoms with Crippen molar-refractivity contribution in [1.82, 2.24) is 4.98 Å². The van der Waals surface area contributed by atoms with Crippen LogP contribution < -0.4 is 10.6 Å². The van der Waals surface area contributed by atoms with E-state index in [2.05, 4.69) is 15.6 Å². The van der Waals surface area contributed by atoms with Crippen molar-refractivity contribution in [3.63, 3.8) is 0 Å². The number of nitrogens with zero attached hydrogens (tertiary/aromatic N) is 1. The molecule has 1 heterocycles. The Morgan fingerprint density at radius 1 is 1.35 bits per heavy atom. The van der Waals surface area contributed by atoms with Gasteiger partial charge in [0.25, 0.3) is 0 Å². The van der Waals surface area contributed by atoms with E-state index < -0.39 is 0 Å². The van der Waals surface area contributed by atoms with Crippen LogP contribution in [0.2, 0.25) is 0 Å². The van der Waals surface area contributed by atoms with Crippen molar-refractivity contribution in [2.75, 3.05) is 17.2 Å². The monoisotopic (exact) mass is 247 g/mol. The third-order valence-corrected chi connectivity index (χ3v) is 2.92. The molecule has 2 N–H and O–H groups in total. The molecule has 0 unspecified atom stereocenters. The maximum absolute atomic E-state index is 11.6. The van der Waals surface area contributed by atoms with Crippen LogP contribution in [0.15, 0.2) is 36.5 Å². The Labute approximate surface area is 104 Å². The van der Waals surface area contributed by atoms with Gasteiger partial charge in [0, 0.05) is 16.8 Å². The predicted octanol–water partition coefficient (Wildman–Crippen LogP) is 2.50. The van der Waals surface area contributed by atoms with E-state index in [0.717, 1.165) is 10.6 Å². The molecule has 2 rings (SSSR count). The number of amides is 1. The number of aromatic nitrogens is 1. The van der Waals surface area contributed by atoms with Crippen molar-refractivity contribution in [2.24, 2.45) is 0 Å². The Kier molecular flexibility index (Phi) is 3.72. The Balaban J connectivity index is 1.82. The van der Waals surface area contributed by atoms with Crippen LogP contribution in [0, 0.1) is 6.92 Å². The van der Waals surface area contributed by atoms with Crippen LogP contribution in [0.3, 0.4) is 0 Å². The number of carbonyl (C=O) groups excluding carboxylic acids is 1. The lowest BCUT2D eigenvalue weighted by atomic mass is 10.3. The summed E-state index contributed by atoms with van der Waals surface area (Å²) in [7, 11) is 0. The van der Waals surface area contributed by atoms with Gasteiger partial charge in [0.15, 0.2) is 5.13 Å². The number of thiazole rings is 1. The maximum Gasteiger partial charge on any atom is 0.245 e. The van der Waals surface area contributed by atoms with Crippen molar-refractivity contribution in [3.8, 4) is 0 Å². The number of hydrogen-bond acceptors (Lipinski definition) is 4. The summed E-state index contributed by atoms with van der Waals surface area (Å²) in [5, 5.41) is 6.42. The molecule has 1 aromatic heterocycles. The van der Waals surface area contributed by atoms with Gasteiger partial charge in [-0.2, -0.15) is 0 Å². The minimum Gasteiger partial charge on any atom is -0.376 e. The molecule has 88 valence electrons. The largest absolute Gasteiger partial charge is 0.376 e. The average molecular weight is 247 g/mol. The topological polar surface area (TPSA) is 54.0 Å². The standard InChI is InChI=1S/C12H13N3OS/c1-9-7-14-12(17-9)15-11(16)8-13-10-5-3-2-4-6-10/h2-7,13H,8H2,1H3,(H,14,15,16). The summed E-state index contributed by atoms with van der Waals surface area (Å²) < 4.78 is 0. The van der Waals surface area contributed by atoms with Crippen molar-refractivity contribution >= 4 is 28.1 Å². The molecule has 0 bridgehead atoms. The number of rotatable bonds is 4. The summed E-state index contributed by atoms with van der Waals surface area (Å²) in [4.78, 5) is 16.7. The fraction of sp³-hybridized carbons (Fsp3) is 0.167. The molecular formula is C12H13N3OS. The summed E-state index contributed by atoms with van der Waals surface area (Å²) >= 11 is 1.47. The zero-order valence-corrected chi connectivity index (χ0v) is 10.3. The van der Waals surface area contributed by atoms with Gasteiger partial charge in [0.05, 0.1) is 6.54 Å². The fourth-order valence-electron chi connectivity index (χ4n) is 1.31. The lowest BCUT2D eigenvalue weighted by Gasteiger charge is -2.05. The van der Waals surface area contributed by atoms with Crippen LogP contribution in [0.4, 0.5) is 10.8 Å². The Morgan fingerprint density at radius 2 is 2.12 bits per heavy atom. The number of para-hydroxylation sites is 1. The van der Waals surface area contributed by atoms with E-state index in [1.165, 1.54) is 11.3 Å². The fourth-order valence-corrected chi connectivity index (χ4v) is 1.99. The van der Waals surface area contributed by atoms with Gasteiger partial charge in [-0.1, -0.05) is 18.2 Å². The van der Waals surface area contributed by atoms with Gasteiger partial charge in [-0.25, -0.2) is 4.98 Å². The number of nitrogens with one attached hydrogen (secondary N) is 2. The van der Waals surface area contributed by atoms with Crippen molar-refractivity contribution in [1.29, 1.82) is 0 Å². The van der Waals surface area contributed by atoms with E-state index in [-0.39, 0.29) is 12.5 Å². The zero-order valence-electron chi connectivity index (χ0n) is 9.43. The van der Waals surface area contributed by atoms with Crippen LogP contribution >= 0.6 is 11.3 Å². The molecule has 0 radical (unpaired) electrons. The second-order valence-electron chi connectivity index (χ2n) is 3.54. The molecule has 0 aliphatic rings. The number of hydrogen-bond donors (Lipinski definition) is 2. The van der Waals surface area contributed by atoms with Gasteiger partial charge in [-0.05, 0) is 19.1 Å². The van der Waals surface area contributed by atoms with E-state index in [1.807, 2.05) is 37.3 Å². The van der Waals surface area contributed by atoms with Crippen LogP contribution in [-0.4, -0.2) is 17.4 Å². The molecule has 0 fully saturated rings. The van der Waals surface area contributed by atoms with E-state index in [0.29, 0.717) is 5.13 Å². The molecule has 4 nitrogen and oxygen atoms in total. The highest BCUT2D eigenvalue weighted by Crippen LogP contribution is 2.16. The molecule has 5 heteroatoms. The number of anilines is 2.